The monoisotopic (exact) mass is 405 g/mol. The zero-order chi connectivity index (χ0) is 20.1. The second-order valence-corrected chi connectivity index (χ2v) is 8.71. The lowest BCUT2D eigenvalue weighted by Crippen LogP contribution is -2.54. The van der Waals surface area contributed by atoms with E-state index in [9.17, 15) is 17.6 Å². The molecule has 0 aromatic heterocycles. The van der Waals surface area contributed by atoms with Crippen molar-refractivity contribution < 1.29 is 17.6 Å². The van der Waals surface area contributed by atoms with Crippen LogP contribution in [0.15, 0.2) is 59.5 Å². The predicted octanol–water partition coefficient (Wildman–Crippen LogP) is 1.84. The fourth-order valence-electron chi connectivity index (χ4n) is 3.21. The topological polar surface area (TPSA) is 69.7 Å². The van der Waals surface area contributed by atoms with E-state index in [-0.39, 0.29) is 29.9 Å². The summed E-state index contributed by atoms with van der Waals surface area (Å²) in [5.41, 5.74) is 1.02. The molecule has 1 atom stereocenters. The Morgan fingerprint density at radius 3 is 2.39 bits per heavy atom. The second kappa shape index (κ2) is 8.81. The van der Waals surface area contributed by atoms with Crippen LogP contribution in [0.4, 0.5) is 4.39 Å². The normalized spacial score (nSPS) is 17.2. The van der Waals surface area contributed by atoms with E-state index in [0.29, 0.717) is 19.6 Å². The van der Waals surface area contributed by atoms with Crippen LogP contribution in [0.5, 0.6) is 0 Å². The number of hydrogen-bond acceptors (Lipinski definition) is 4. The van der Waals surface area contributed by atoms with Crippen LogP contribution < -0.4 is 5.32 Å². The van der Waals surface area contributed by atoms with Gasteiger partial charge in [-0.2, -0.15) is 4.31 Å². The fraction of sp³-hybridized carbons (Fsp3) is 0.350. The van der Waals surface area contributed by atoms with Gasteiger partial charge in [0.25, 0.3) is 0 Å². The first-order valence-electron chi connectivity index (χ1n) is 9.19. The number of carbonyl (C=O) groups excluding carboxylic acids is 1. The second-order valence-electron chi connectivity index (χ2n) is 6.78. The minimum atomic E-state index is -3.73. The number of nitrogens with zero attached hydrogens (tertiary/aromatic N) is 2. The van der Waals surface area contributed by atoms with Crippen molar-refractivity contribution in [1.82, 2.24) is 14.5 Å². The summed E-state index contributed by atoms with van der Waals surface area (Å²) in [6, 6.07) is 14.3. The molecule has 1 aliphatic rings. The average molecular weight is 405 g/mol. The summed E-state index contributed by atoms with van der Waals surface area (Å²) in [7, 11) is -3.73. The summed E-state index contributed by atoms with van der Waals surface area (Å²) < 4.78 is 40.1. The van der Waals surface area contributed by atoms with Crippen molar-refractivity contribution in [2.75, 3.05) is 26.2 Å². The van der Waals surface area contributed by atoms with E-state index in [1.54, 1.807) is 0 Å². The molecule has 1 saturated heterocycles. The van der Waals surface area contributed by atoms with Gasteiger partial charge in [0.05, 0.1) is 10.9 Å². The van der Waals surface area contributed by atoms with Gasteiger partial charge >= 0.3 is 0 Å². The number of carbonyl (C=O) groups is 1. The third-order valence-corrected chi connectivity index (χ3v) is 6.84. The molecular formula is C20H24FN3O3S. The highest BCUT2D eigenvalue weighted by Gasteiger charge is 2.31. The summed E-state index contributed by atoms with van der Waals surface area (Å²) in [5.74, 6) is -0.672. The van der Waals surface area contributed by atoms with Gasteiger partial charge in [0.15, 0.2) is 0 Å². The van der Waals surface area contributed by atoms with Gasteiger partial charge in [0, 0.05) is 32.7 Å². The maximum Gasteiger partial charge on any atom is 0.243 e. The number of sulfonamides is 1. The number of nitrogens with one attached hydrogen (secondary N) is 1. The summed E-state index contributed by atoms with van der Waals surface area (Å²) in [4.78, 5) is 14.3. The van der Waals surface area contributed by atoms with Crippen molar-refractivity contribution in [3.8, 4) is 0 Å². The van der Waals surface area contributed by atoms with E-state index in [1.807, 2.05) is 42.2 Å². The number of halogens is 1. The molecule has 28 heavy (non-hydrogen) atoms. The quantitative estimate of drug-likeness (QED) is 0.796. The Balaban J connectivity index is 1.55. The van der Waals surface area contributed by atoms with E-state index in [1.165, 1.54) is 22.5 Å². The lowest BCUT2D eigenvalue weighted by molar-refractivity contribution is -0.126. The van der Waals surface area contributed by atoms with Crippen LogP contribution in [-0.2, 0) is 21.4 Å². The number of amides is 1. The van der Waals surface area contributed by atoms with Crippen molar-refractivity contribution in [1.29, 1.82) is 0 Å². The molecule has 0 radical (unpaired) electrons. The Bertz CT molecular complexity index is 913. The highest BCUT2D eigenvalue weighted by molar-refractivity contribution is 7.89. The first-order chi connectivity index (χ1) is 13.4. The lowest BCUT2D eigenvalue weighted by Gasteiger charge is -2.36. The molecule has 0 saturated carbocycles. The molecule has 0 bridgehead atoms. The third-order valence-electron chi connectivity index (χ3n) is 4.94. The molecule has 2 aromatic rings. The van der Waals surface area contributed by atoms with Crippen molar-refractivity contribution in [3.63, 3.8) is 0 Å². The molecular weight excluding hydrogens is 381 g/mol. The molecule has 2 aromatic carbocycles. The highest BCUT2D eigenvalue weighted by Crippen LogP contribution is 2.19. The average Bonchev–Trinajstić information content (AvgIpc) is 2.72. The first kappa shape index (κ1) is 20.4. The van der Waals surface area contributed by atoms with Gasteiger partial charge in [0.1, 0.15) is 5.82 Å². The van der Waals surface area contributed by atoms with Gasteiger partial charge in [-0.1, -0.05) is 36.4 Å². The van der Waals surface area contributed by atoms with E-state index >= 15 is 0 Å². The van der Waals surface area contributed by atoms with Crippen LogP contribution in [0.2, 0.25) is 0 Å². The summed E-state index contributed by atoms with van der Waals surface area (Å²) in [6.07, 6.45) is 0. The van der Waals surface area contributed by atoms with Crippen LogP contribution in [0.25, 0.3) is 0 Å². The van der Waals surface area contributed by atoms with Crippen LogP contribution in [0.1, 0.15) is 12.5 Å². The largest absolute Gasteiger partial charge is 0.351 e. The van der Waals surface area contributed by atoms with Crippen molar-refractivity contribution >= 4 is 15.9 Å². The van der Waals surface area contributed by atoms with Crippen molar-refractivity contribution in [2.45, 2.75) is 24.4 Å². The molecule has 1 heterocycles. The Morgan fingerprint density at radius 2 is 1.75 bits per heavy atom. The Hall–Kier alpha value is -2.29. The van der Waals surface area contributed by atoms with Gasteiger partial charge in [0.2, 0.25) is 15.9 Å². The van der Waals surface area contributed by atoms with Crippen molar-refractivity contribution in [3.05, 3.63) is 66.0 Å². The number of piperazine rings is 1. The fourth-order valence-corrected chi connectivity index (χ4v) is 4.66. The predicted molar refractivity (Wildman–Crippen MR) is 104 cm³/mol. The van der Waals surface area contributed by atoms with Crippen LogP contribution in [0.3, 0.4) is 0 Å². The zero-order valence-electron chi connectivity index (χ0n) is 15.7. The number of hydrogen-bond donors (Lipinski definition) is 1. The van der Waals surface area contributed by atoms with Gasteiger partial charge in [-0.15, -0.1) is 0 Å². The van der Waals surface area contributed by atoms with Crippen LogP contribution >= 0.6 is 0 Å². The number of rotatable bonds is 6. The Morgan fingerprint density at radius 1 is 1.07 bits per heavy atom. The minimum absolute atomic E-state index is 0.0467. The van der Waals surface area contributed by atoms with E-state index in [4.69, 9.17) is 0 Å². The molecule has 1 amide bonds. The molecule has 3 rings (SSSR count). The lowest BCUT2D eigenvalue weighted by atomic mass is 10.2. The molecule has 0 spiro atoms. The summed E-state index contributed by atoms with van der Waals surface area (Å²) in [5, 5.41) is 2.92. The first-order valence-corrected chi connectivity index (χ1v) is 10.6. The van der Waals surface area contributed by atoms with E-state index in [2.05, 4.69) is 5.32 Å². The van der Waals surface area contributed by atoms with Crippen molar-refractivity contribution in [2.24, 2.45) is 0 Å². The van der Waals surface area contributed by atoms with Crippen LogP contribution in [-0.4, -0.2) is 55.8 Å². The molecule has 1 aliphatic heterocycles. The Labute approximate surface area is 165 Å². The third kappa shape index (κ3) is 4.76. The molecule has 1 fully saturated rings. The van der Waals surface area contributed by atoms with Gasteiger partial charge in [-0.05, 0) is 30.7 Å². The maximum absolute atomic E-state index is 13.4. The summed E-state index contributed by atoms with van der Waals surface area (Å²) >= 11 is 0. The number of benzene rings is 2. The van der Waals surface area contributed by atoms with Gasteiger partial charge in [-0.25, -0.2) is 12.8 Å². The molecule has 8 heteroatoms. The van der Waals surface area contributed by atoms with Gasteiger partial charge < -0.3 is 5.32 Å². The Kier molecular flexibility index (Phi) is 6.43. The molecule has 6 nitrogen and oxygen atoms in total. The van der Waals surface area contributed by atoms with E-state index in [0.717, 1.165) is 11.6 Å². The maximum atomic E-state index is 13.4. The molecule has 0 unspecified atom stereocenters. The van der Waals surface area contributed by atoms with Crippen LogP contribution in [0, 0.1) is 5.82 Å². The zero-order valence-corrected chi connectivity index (χ0v) is 16.5. The highest BCUT2D eigenvalue weighted by atomic mass is 32.2. The van der Waals surface area contributed by atoms with E-state index < -0.39 is 15.8 Å². The molecule has 1 N–H and O–H groups in total. The summed E-state index contributed by atoms with van der Waals surface area (Å²) in [6.45, 7) is 3.67. The molecule has 0 aliphatic carbocycles. The SMILES string of the molecule is C[C@H](C(=O)NCc1ccccc1)N1CCN(S(=O)(=O)c2cccc(F)c2)CC1. The standard InChI is InChI=1S/C20H24FN3O3S/c1-16(20(25)22-15-17-6-3-2-4-7-17)23-10-12-24(13-11-23)28(26,27)19-9-5-8-18(21)14-19/h2-9,14,16H,10-13,15H2,1H3,(H,22,25)/t16-/m1/s1. The molecule has 150 valence electrons. The van der Waals surface area contributed by atoms with Gasteiger partial charge in [-0.3, -0.25) is 9.69 Å². The smallest absolute Gasteiger partial charge is 0.243 e. The minimum Gasteiger partial charge on any atom is -0.351 e.